The standard InChI is InChI=1S/C8H12N2O2/c11-4-6-5-12-8(10-6)7-2-1-3-9-7/h5,7,9,11H,1-4H2. The minimum absolute atomic E-state index is 0.0454. The number of hydrogen-bond acceptors (Lipinski definition) is 4. The Morgan fingerprint density at radius 1 is 1.75 bits per heavy atom. The Morgan fingerprint density at radius 3 is 3.25 bits per heavy atom. The minimum Gasteiger partial charge on any atom is -0.447 e. The van der Waals surface area contributed by atoms with Gasteiger partial charge in [0.2, 0.25) is 5.89 Å². The maximum absolute atomic E-state index is 8.75. The van der Waals surface area contributed by atoms with Crippen LogP contribution in [-0.2, 0) is 6.61 Å². The van der Waals surface area contributed by atoms with Gasteiger partial charge in [0, 0.05) is 0 Å². The zero-order valence-electron chi connectivity index (χ0n) is 6.79. The van der Waals surface area contributed by atoms with E-state index in [1.807, 2.05) is 0 Å². The van der Waals surface area contributed by atoms with Crippen LogP contribution in [0.4, 0.5) is 0 Å². The third kappa shape index (κ3) is 1.35. The van der Waals surface area contributed by atoms with E-state index in [4.69, 9.17) is 9.52 Å². The van der Waals surface area contributed by atoms with Crippen molar-refractivity contribution < 1.29 is 9.52 Å². The molecule has 0 radical (unpaired) electrons. The van der Waals surface area contributed by atoms with Crippen LogP contribution < -0.4 is 5.32 Å². The topological polar surface area (TPSA) is 58.3 Å². The van der Waals surface area contributed by atoms with Crippen molar-refractivity contribution in [3.05, 3.63) is 17.8 Å². The summed E-state index contributed by atoms with van der Waals surface area (Å²) in [6.07, 6.45) is 3.75. The summed E-state index contributed by atoms with van der Waals surface area (Å²) in [5.41, 5.74) is 0.610. The van der Waals surface area contributed by atoms with Gasteiger partial charge in [-0.2, -0.15) is 0 Å². The number of nitrogens with zero attached hydrogens (tertiary/aromatic N) is 1. The Kier molecular flexibility index (Phi) is 2.10. The number of hydrogen-bond donors (Lipinski definition) is 2. The molecule has 2 N–H and O–H groups in total. The molecule has 4 nitrogen and oxygen atoms in total. The number of oxazole rings is 1. The average molecular weight is 168 g/mol. The second kappa shape index (κ2) is 3.25. The molecular formula is C8H12N2O2. The second-order valence-electron chi connectivity index (χ2n) is 2.98. The Morgan fingerprint density at radius 2 is 2.67 bits per heavy atom. The SMILES string of the molecule is OCc1coc(C2CCCN2)n1. The van der Waals surface area contributed by atoms with Crippen LogP contribution in [0.25, 0.3) is 0 Å². The lowest BCUT2D eigenvalue weighted by atomic mass is 10.2. The highest BCUT2D eigenvalue weighted by Gasteiger charge is 2.20. The van der Waals surface area contributed by atoms with E-state index in [-0.39, 0.29) is 12.6 Å². The molecule has 1 aliphatic rings. The van der Waals surface area contributed by atoms with Gasteiger partial charge in [-0.3, -0.25) is 0 Å². The van der Waals surface area contributed by atoms with Crippen LogP contribution in [0.15, 0.2) is 10.7 Å². The first kappa shape index (κ1) is 7.76. The molecule has 0 saturated carbocycles. The highest BCUT2D eigenvalue weighted by Crippen LogP contribution is 2.21. The van der Waals surface area contributed by atoms with Crippen LogP contribution >= 0.6 is 0 Å². The van der Waals surface area contributed by atoms with Crippen molar-refractivity contribution >= 4 is 0 Å². The molecule has 0 spiro atoms. The number of aliphatic hydroxyl groups excluding tert-OH is 1. The first-order valence-corrected chi connectivity index (χ1v) is 4.18. The lowest BCUT2D eigenvalue weighted by Gasteiger charge is -2.02. The van der Waals surface area contributed by atoms with Gasteiger partial charge in [-0.15, -0.1) is 0 Å². The highest BCUT2D eigenvalue weighted by molar-refractivity contribution is 5.00. The molecular weight excluding hydrogens is 156 g/mol. The Balaban J connectivity index is 2.11. The average Bonchev–Trinajstić information content (AvgIpc) is 2.75. The van der Waals surface area contributed by atoms with Crippen molar-refractivity contribution in [2.75, 3.05) is 6.54 Å². The summed E-state index contributed by atoms with van der Waals surface area (Å²) >= 11 is 0. The molecule has 1 unspecified atom stereocenters. The second-order valence-corrected chi connectivity index (χ2v) is 2.98. The van der Waals surface area contributed by atoms with Crippen LogP contribution in [0.2, 0.25) is 0 Å². The third-order valence-electron chi connectivity index (χ3n) is 2.09. The zero-order chi connectivity index (χ0) is 8.39. The summed E-state index contributed by atoms with van der Waals surface area (Å²) in [5.74, 6) is 0.705. The van der Waals surface area contributed by atoms with E-state index in [1.54, 1.807) is 0 Å². The van der Waals surface area contributed by atoms with Gasteiger partial charge in [0.05, 0.1) is 12.6 Å². The van der Waals surface area contributed by atoms with Crippen molar-refractivity contribution in [3.63, 3.8) is 0 Å². The van der Waals surface area contributed by atoms with Crippen LogP contribution in [0.3, 0.4) is 0 Å². The monoisotopic (exact) mass is 168 g/mol. The molecule has 0 amide bonds. The molecule has 0 aromatic carbocycles. The highest BCUT2D eigenvalue weighted by atomic mass is 16.3. The molecule has 66 valence electrons. The predicted molar refractivity (Wildman–Crippen MR) is 42.4 cm³/mol. The summed E-state index contributed by atoms with van der Waals surface area (Å²) < 4.78 is 5.21. The van der Waals surface area contributed by atoms with E-state index in [1.165, 1.54) is 12.7 Å². The first-order valence-electron chi connectivity index (χ1n) is 4.18. The van der Waals surface area contributed by atoms with Crippen molar-refractivity contribution in [1.29, 1.82) is 0 Å². The molecule has 1 aromatic heterocycles. The van der Waals surface area contributed by atoms with Gasteiger partial charge in [0.1, 0.15) is 12.0 Å². The van der Waals surface area contributed by atoms with E-state index in [0.29, 0.717) is 11.6 Å². The quantitative estimate of drug-likeness (QED) is 0.678. The third-order valence-corrected chi connectivity index (χ3v) is 2.09. The zero-order valence-corrected chi connectivity index (χ0v) is 6.79. The van der Waals surface area contributed by atoms with E-state index < -0.39 is 0 Å². The largest absolute Gasteiger partial charge is 0.447 e. The van der Waals surface area contributed by atoms with E-state index >= 15 is 0 Å². The summed E-state index contributed by atoms with van der Waals surface area (Å²) in [6.45, 7) is 0.984. The van der Waals surface area contributed by atoms with Gasteiger partial charge in [-0.1, -0.05) is 0 Å². The summed E-state index contributed by atoms with van der Waals surface area (Å²) in [5, 5.41) is 12.0. The van der Waals surface area contributed by atoms with E-state index in [0.717, 1.165) is 13.0 Å². The molecule has 0 aliphatic carbocycles. The van der Waals surface area contributed by atoms with Gasteiger partial charge >= 0.3 is 0 Å². The van der Waals surface area contributed by atoms with Crippen molar-refractivity contribution in [2.24, 2.45) is 0 Å². The van der Waals surface area contributed by atoms with Crippen LogP contribution in [0, 0.1) is 0 Å². The number of aliphatic hydroxyl groups is 1. The molecule has 0 bridgehead atoms. The first-order chi connectivity index (χ1) is 5.90. The Labute approximate surface area is 70.6 Å². The van der Waals surface area contributed by atoms with Crippen LogP contribution in [-0.4, -0.2) is 16.6 Å². The van der Waals surface area contributed by atoms with Crippen molar-refractivity contribution in [1.82, 2.24) is 10.3 Å². The minimum atomic E-state index is -0.0454. The summed E-state index contributed by atoms with van der Waals surface area (Å²) in [7, 11) is 0. The number of nitrogens with one attached hydrogen (secondary N) is 1. The summed E-state index contributed by atoms with van der Waals surface area (Å²) in [6, 6.07) is 0.255. The molecule has 2 heterocycles. The Bertz CT molecular complexity index is 253. The van der Waals surface area contributed by atoms with Crippen LogP contribution in [0.1, 0.15) is 30.5 Å². The number of rotatable bonds is 2. The van der Waals surface area contributed by atoms with Crippen molar-refractivity contribution in [3.8, 4) is 0 Å². The van der Waals surface area contributed by atoms with E-state index in [9.17, 15) is 0 Å². The molecule has 1 aliphatic heterocycles. The van der Waals surface area contributed by atoms with Gasteiger partial charge in [-0.05, 0) is 19.4 Å². The lowest BCUT2D eigenvalue weighted by Crippen LogP contribution is -2.13. The Hall–Kier alpha value is -0.870. The molecule has 1 fully saturated rings. The fraction of sp³-hybridized carbons (Fsp3) is 0.625. The van der Waals surface area contributed by atoms with Gasteiger partial charge < -0.3 is 14.8 Å². The fourth-order valence-corrected chi connectivity index (χ4v) is 1.45. The smallest absolute Gasteiger partial charge is 0.211 e. The van der Waals surface area contributed by atoms with Gasteiger partial charge in [0.25, 0.3) is 0 Å². The molecule has 2 rings (SSSR count). The van der Waals surface area contributed by atoms with Crippen LogP contribution in [0.5, 0.6) is 0 Å². The number of aromatic nitrogens is 1. The molecule has 1 aromatic rings. The maximum Gasteiger partial charge on any atom is 0.211 e. The van der Waals surface area contributed by atoms with Gasteiger partial charge in [0.15, 0.2) is 0 Å². The predicted octanol–water partition coefficient (Wildman–Crippen LogP) is 0.591. The van der Waals surface area contributed by atoms with Gasteiger partial charge in [-0.25, -0.2) is 4.98 Å². The molecule has 12 heavy (non-hydrogen) atoms. The summed E-state index contributed by atoms with van der Waals surface area (Å²) in [4.78, 5) is 4.13. The lowest BCUT2D eigenvalue weighted by molar-refractivity contribution is 0.276. The van der Waals surface area contributed by atoms with E-state index in [2.05, 4.69) is 10.3 Å². The normalized spacial score (nSPS) is 23.2. The molecule has 1 atom stereocenters. The fourth-order valence-electron chi connectivity index (χ4n) is 1.45. The maximum atomic E-state index is 8.75. The molecule has 1 saturated heterocycles. The van der Waals surface area contributed by atoms with Crippen molar-refractivity contribution in [2.45, 2.75) is 25.5 Å². The molecule has 4 heteroatoms.